The molecule has 130 valence electrons. The van der Waals surface area contributed by atoms with Crippen molar-refractivity contribution < 1.29 is 14.3 Å². The number of carbonyl (C=O) groups excluding carboxylic acids is 1. The van der Waals surface area contributed by atoms with Crippen LogP contribution in [0.1, 0.15) is 24.5 Å². The highest BCUT2D eigenvalue weighted by atomic mass is 19.1. The third-order valence-electron chi connectivity index (χ3n) is 4.42. The molecule has 25 heavy (non-hydrogen) atoms. The van der Waals surface area contributed by atoms with Crippen LogP contribution in [-0.2, 0) is 11.3 Å². The van der Waals surface area contributed by atoms with E-state index in [0.29, 0.717) is 18.5 Å². The summed E-state index contributed by atoms with van der Waals surface area (Å²) < 4.78 is 14.1. The van der Waals surface area contributed by atoms with Gasteiger partial charge in [0.25, 0.3) is 0 Å². The van der Waals surface area contributed by atoms with E-state index < -0.39 is 6.10 Å². The molecule has 0 bridgehead atoms. The van der Waals surface area contributed by atoms with Gasteiger partial charge in [0.1, 0.15) is 11.9 Å². The molecule has 1 heterocycles. The summed E-state index contributed by atoms with van der Waals surface area (Å²) in [5.41, 5.74) is 4.10. The van der Waals surface area contributed by atoms with Crippen LogP contribution in [0.25, 0.3) is 22.2 Å². The van der Waals surface area contributed by atoms with Gasteiger partial charge in [-0.25, -0.2) is 4.39 Å². The number of aliphatic hydroxyl groups excluding tert-OH is 1. The quantitative estimate of drug-likeness (QED) is 0.663. The average Bonchev–Trinajstić information content (AvgIpc) is 2.95. The fourth-order valence-electron chi connectivity index (χ4n) is 2.91. The topological polar surface area (TPSA) is 65.1 Å². The Morgan fingerprint density at radius 3 is 2.76 bits per heavy atom. The largest absolute Gasteiger partial charge is 0.383 e. The molecule has 1 aromatic heterocycles. The fourth-order valence-corrected chi connectivity index (χ4v) is 2.91. The molecule has 3 rings (SSSR count). The Labute approximate surface area is 145 Å². The number of nitrogens with one attached hydrogen (secondary N) is 2. The van der Waals surface area contributed by atoms with Gasteiger partial charge < -0.3 is 15.4 Å². The highest BCUT2D eigenvalue weighted by Crippen LogP contribution is 2.31. The van der Waals surface area contributed by atoms with Gasteiger partial charge in [-0.2, -0.15) is 0 Å². The summed E-state index contributed by atoms with van der Waals surface area (Å²) in [6.07, 6.45) is -0.598. The minimum Gasteiger partial charge on any atom is -0.383 e. The van der Waals surface area contributed by atoms with Crippen molar-refractivity contribution >= 4 is 16.8 Å². The van der Waals surface area contributed by atoms with Gasteiger partial charge in [0.05, 0.1) is 5.69 Å². The molecule has 0 radical (unpaired) electrons. The number of hydrogen-bond donors (Lipinski definition) is 3. The van der Waals surface area contributed by atoms with Gasteiger partial charge in [-0.3, -0.25) is 4.79 Å². The summed E-state index contributed by atoms with van der Waals surface area (Å²) in [6.45, 7) is 4.04. The first kappa shape index (κ1) is 17.2. The first-order chi connectivity index (χ1) is 12.0. The molecule has 0 spiro atoms. The molecule has 0 aliphatic rings. The van der Waals surface area contributed by atoms with Crippen LogP contribution in [-0.4, -0.2) is 22.1 Å². The van der Waals surface area contributed by atoms with E-state index in [9.17, 15) is 14.3 Å². The van der Waals surface area contributed by atoms with Crippen LogP contribution in [0.15, 0.2) is 42.5 Å². The van der Waals surface area contributed by atoms with E-state index in [0.717, 1.165) is 27.7 Å². The second-order valence-electron chi connectivity index (χ2n) is 6.13. The molecule has 0 aliphatic heterocycles. The van der Waals surface area contributed by atoms with Gasteiger partial charge in [-0.1, -0.05) is 25.1 Å². The lowest BCUT2D eigenvalue weighted by molar-refractivity contribution is -0.129. The molecular weight excluding hydrogens is 319 g/mol. The number of aromatic amines is 1. The minimum absolute atomic E-state index is 0.266. The third-order valence-corrected chi connectivity index (χ3v) is 4.42. The smallest absolute Gasteiger partial charge is 0.249 e. The Morgan fingerprint density at radius 1 is 1.28 bits per heavy atom. The first-order valence-electron chi connectivity index (χ1n) is 8.33. The van der Waals surface area contributed by atoms with Crippen molar-refractivity contribution in [1.29, 1.82) is 0 Å². The Bertz CT molecular complexity index is 917. The fraction of sp³-hybridized carbons (Fsp3) is 0.250. The van der Waals surface area contributed by atoms with Crippen LogP contribution >= 0.6 is 0 Å². The summed E-state index contributed by atoms with van der Waals surface area (Å²) >= 11 is 0. The number of H-pyrrole nitrogens is 1. The normalized spacial score (nSPS) is 12.3. The van der Waals surface area contributed by atoms with E-state index in [1.54, 1.807) is 19.1 Å². The maximum atomic E-state index is 14.1. The van der Waals surface area contributed by atoms with Crippen LogP contribution in [0, 0.1) is 12.7 Å². The van der Waals surface area contributed by atoms with E-state index in [1.165, 1.54) is 6.07 Å². The number of carbonyl (C=O) groups is 1. The van der Waals surface area contributed by atoms with E-state index in [1.807, 2.05) is 31.2 Å². The van der Waals surface area contributed by atoms with Gasteiger partial charge in [0, 0.05) is 23.0 Å². The zero-order chi connectivity index (χ0) is 18.0. The van der Waals surface area contributed by atoms with Crippen LogP contribution in [0.5, 0.6) is 0 Å². The minimum atomic E-state index is -0.981. The highest BCUT2D eigenvalue weighted by molar-refractivity contribution is 5.91. The first-order valence-corrected chi connectivity index (χ1v) is 8.33. The number of aryl methyl sites for hydroxylation is 1. The lowest BCUT2D eigenvalue weighted by Crippen LogP contribution is -2.33. The molecule has 0 unspecified atom stereocenters. The van der Waals surface area contributed by atoms with Crippen molar-refractivity contribution in [2.24, 2.45) is 0 Å². The summed E-state index contributed by atoms with van der Waals surface area (Å²) in [7, 11) is 0. The molecule has 3 aromatic rings. The van der Waals surface area contributed by atoms with Crippen molar-refractivity contribution in [2.45, 2.75) is 32.9 Å². The number of halogens is 1. The molecule has 1 atom stereocenters. The molecule has 0 fully saturated rings. The molecule has 1 amide bonds. The molecule has 4 nitrogen and oxygen atoms in total. The number of rotatable bonds is 5. The third kappa shape index (κ3) is 3.42. The van der Waals surface area contributed by atoms with Crippen LogP contribution < -0.4 is 5.32 Å². The van der Waals surface area contributed by atoms with E-state index >= 15 is 0 Å². The Morgan fingerprint density at radius 2 is 2.04 bits per heavy atom. The Kier molecular flexibility index (Phi) is 4.86. The molecule has 0 saturated heterocycles. The van der Waals surface area contributed by atoms with Gasteiger partial charge in [-0.05, 0) is 48.7 Å². The summed E-state index contributed by atoms with van der Waals surface area (Å²) in [5, 5.41) is 13.2. The number of fused-ring (bicyclic) bond motifs is 1. The standard InChI is InChI=1S/C20H21FN2O2/c1-3-18(24)20(25)22-11-13-8-9-17-15(10-13)12(2)19(23-17)14-6-4-5-7-16(14)21/h4-10,18,23-24H,3,11H2,1-2H3,(H,22,25)/t18-/m1/s1. The second kappa shape index (κ2) is 7.07. The van der Waals surface area contributed by atoms with E-state index in [-0.39, 0.29) is 11.7 Å². The summed E-state index contributed by atoms with van der Waals surface area (Å²) in [6, 6.07) is 12.5. The SMILES string of the molecule is CC[C@@H](O)C(=O)NCc1ccc2[nH]c(-c3ccccc3F)c(C)c2c1. The van der Waals surface area contributed by atoms with Crippen molar-refractivity contribution in [3.05, 3.63) is 59.4 Å². The molecule has 2 aromatic carbocycles. The Hall–Kier alpha value is -2.66. The van der Waals surface area contributed by atoms with Crippen molar-refractivity contribution in [1.82, 2.24) is 10.3 Å². The monoisotopic (exact) mass is 340 g/mol. The predicted octanol–water partition coefficient (Wildman–Crippen LogP) is 3.67. The molecule has 0 aliphatic carbocycles. The number of amides is 1. The maximum Gasteiger partial charge on any atom is 0.249 e. The number of aromatic nitrogens is 1. The Balaban J connectivity index is 1.90. The zero-order valence-corrected chi connectivity index (χ0v) is 14.3. The van der Waals surface area contributed by atoms with Crippen molar-refractivity contribution in [3.8, 4) is 11.3 Å². The molecule has 0 saturated carbocycles. The maximum absolute atomic E-state index is 14.1. The van der Waals surface area contributed by atoms with E-state index in [2.05, 4.69) is 10.3 Å². The average molecular weight is 340 g/mol. The highest BCUT2D eigenvalue weighted by Gasteiger charge is 2.14. The second-order valence-corrected chi connectivity index (χ2v) is 6.13. The van der Waals surface area contributed by atoms with Gasteiger partial charge >= 0.3 is 0 Å². The van der Waals surface area contributed by atoms with Crippen LogP contribution in [0.3, 0.4) is 0 Å². The van der Waals surface area contributed by atoms with Gasteiger partial charge in [0.2, 0.25) is 5.91 Å². The summed E-state index contributed by atoms with van der Waals surface area (Å²) in [5.74, 6) is -0.640. The number of hydrogen-bond acceptors (Lipinski definition) is 2. The number of benzene rings is 2. The van der Waals surface area contributed by atoms with E-state index in [4.69, 9.17) is 0 Å². The van der Waals surface area contributed by atoms with Crippen LogP contribution in [0.2, 0.25) is 0 Å². The van der Waals surface area contributed by atoms with Gasteiger partial charge in [0.15, 0.2) is 0 Å². The molecule has 3 N–H and O–H groups in total. The lowest BCUT2D eigenvalue weighted by atomic mass is 10.0. The summed E-state index contributed by atoms with van der Waals surface area (Å²) in [4.78, 5) is 15.0. The predicted molar refractivity (Wildman–Crippen MR) is 96.6 cm³/mol. The lowest BCUT2D eigenvalue weighted by Gasteiger charge is -2.09. The van der Waals surface area contributed by atoms with Crippen molar-refractivity contribution in [2.75, 3.05) is 0 Å². The molecule has 5 heteroatoms. The molecular formula is C20H21FN2O2. The van der Waals surface area contributed by atoms with Gasteiger partial charge in [-0.15, -0.1) is 0 Å². The van der Waals surface area contributed by atoms with Crippen molar-refractivity contribution in [3.63, 3.8) is 0 Å². The number of aliphatic hydroxyl groups is 1. The van der Waals surface area contributed by atoms with Crippen LogP contribution in [0.4, 0.5) is 4.39 Å². The zero-order valence-electron chi connectivity index (χ0n) is 14.3.